The lowest BCUT2D eigenvalue weighted by Crippen LogP contribution is -2.38. The number of benzene rings is 1. The molecule has 1 aromatic carbocycles. The molecule has 1 aromatic rings. The number of fused-ring (bicyclic) bond motifs is 6. The van der Waals surface area contributed by atoms with Crippen molar-refractivity contribution in [3.8, 4) is 5.75 Å². The molecule has 2 heterocycles. The molecule has 1 saturated heterocycles. The van der Waals surface area contributed by atoms with Crippen molar-refractivity contribution in [1.29, 1.82) is 0 Å². The van der Waals surface area contributed by atoms with Crippen LogP contribution in [0.15, 0.2) is 23.2 Å². The van der Waals surface area contributed by atoms with Crippen LogP contribution < -0.4 is 10.1 Å². The average Bonchev–Trinajstić information content (AvgIpc) is 3.25. The maximum Gasteiger partial charge on any atom is 0.412 e. The minimum atomic E-state index is -0.370. The third-order valence-corrected chi connectivity index (χ3v) is 5.90. The summed E-state index contributed by atoms with van der Waals surface area (Å²) in [6.07, 6.45) is 9.36. The first-order valence-electron chi connectivity index (χ1n) is 10.2. The zero-order valence-corrected chi connectivity index (χ0v) is 15.7. The molecule has 1 amide bonds. The van der Waals surface area contributed by atoms with Crippen molar-refractivity contribution in [2.24, 2.45) is 10.9 Å². The zero-order valence-electron chi connectivity index (χ0n) is 15.7. The van der Waals surface area contributed by atoms with Crippen molar-refractivity contribution in [2.45, 2.75) is 70.9 Å². The Morgan fingerprint density at radius 1 is 1.27 bits per heavy atom. The Balaban J connectivity index is 1.31. The Morgan fingerprint density at radius 3 is 3.04 bits per heavy atom. The number of piperidine rings is 1. The summed E-state index contributed by atoms with van der Waals surface area (Å²) >= 11 is 0. The molecule has 3 aliphatic rings. The molecule has 0 aromatic heterocycles. The van der Waals surface area contributed by atoms with Gasteiger partial charge in [-0.15, -0.1) is 0 Å². The van der Waals surface area contributed by atoms with E-state index < -0.39 is 0 Å². The highest BCUT2D eigenvalue weighted by atomic mass is 16.6. The number of nitrogens with zero attached hydrogens (tertiary/aromatic N) is 2. The van der Waals surface area contributed by atoms with E-state index in [2.05, 4.69) is 23.2 Å². The number of unbranched alkanes of at least 4 members (excludes halogenated alkanes) is 4. The van der Waals surface area contributed by atoms with Gasteiger partial charge in [0.05, 0.1) is 5.69 Å². The molecule has 0 spiro atoms. The molecule has 2 fully saturated rings. The van der Waals surface area contributed by atoms with Crippen LogP contribution >= 0.6 is 0 Å². The number of hydrogen-bond donors (Lipinski definition) is 1. The van der Waals surface area contributed by atoms with E-state index in [0.29, 0.717) is 24.3 Å². The lowest BCUT2D eigenvalue weighted by atomic mass is 10.0. The van der Waals surface area contributed by atoms with Gasteiger partial charge in [0.2, 0.25) is 0 Å². The van der Waals surface area contributed by atoms with Crippen molar-refractivity contribution in [1.82, 2.24) is 10.2 Å². The largest absolute Gasteiger partial charge is 0.412 e. The Kier molecular flexibility index (Phi) is 5.14. The summed E-state index contributed by atoms with van der Waals surface area (Å²) in [4.78, 5) is 19.3. The van der Waals surface area contributed by atoms with Crippen LogP contribution in [0.1, 0.15) is 63.9 Å². The van der Waals surface area contributed by atoms with Gasteiger partial charge in [-0.3, -0.25) is 0 Å². The quantitative estimate of drug-likeness (QED) is 0.717. The number of nitrogens with one attached hydrogen (secondary N) is 1. The van der Waals surface area contributed by atoms with E-state index in [-0.39, 0.29) is 6.09 Å². The first-order valence-corrected chi connectivity index (χ1v) is 10.2. The first kappa shape index (κ1) is 17.4. The molecular weight excluding hydrogens is 326 g/mol. The first-order chi connectivity index (χ1) is 12.7. The fraction of sp³-hybridized carbons (Fsp3) is 0.619. The maximum absolute atomic E-state index is 12.0. The van der Waals surface area contributed by atoms with Gasteiger partial charge >= 0.3 is 6.09 Å². The molecule has 0 radical (unpaired) electrons. The summed E-state index contributed by atoms with van der Waals surface area (Å²) in [5.41, 5.74) is 2.19. The molecule has 26 heavy (non-hydrogen) atoms. The maximum atomic E-state index is 12.0. The van der Waals surface area contributed by atoms with Crippen LogP contribution in [-0.4, -0.2) is 29.4 Å². The van der Waals surface area contributed by atoms with E-state index in [0.717, 1.165) is 25.1 Å². The number of carbonyl (C=O) groups excluding carboxylic acids is 1. The standard InChI is InChI=1S/C21H29N3O2/c1-2-3-4-5-6-11-22-21(25)26-18-10-8-16-14-24-17-9-7-15(12-17)20(24)23-19(16)13-18/h8,10,13,15,17H,2-7,9,11-12,14H2,1H3,(H,22,25). The summed E-state index contributed by atoms with van der Waals surface area (Å²) in [7, 11) is 0. The highest BCUT2D eigenvalue weighted by molar-refractivity contribution is 5.92. The van der Waals surface area contributed by atoms with Crippen molar-refractivity contribution < 1.29 is 9.53 Å². The predicted molar refractivity (Wildman–Crippen MR) is 103 cm³/mol. The van der Waals surface area contributed by atoms with Crippen LogP contribution in [0.4, 0.5) is 10.5 Å². The van der Waals surface area contributed by atoms with Gasteiger partial charge in [0.25, 0.3) is 0 Å². The van der Waals surface area contributed by atoms with Crippen molar-refractivity contribution >= 4 is 17.6 Å². The van der Waals surface area contributed by atoms with Gasteiger partial charge in [0.1, 0.15) is 11.6 Å². The normalized spacial score (nSPS) is 22.7. The molecule has 2 unspecified atom stereocenters. The molecule has 1 N–H and O–H groups in total. The van der Waals surface area contributed by atoms with Gasteiger partial charge in [-0.2, -0.15) is 0 Å². The Hall–Kier alpha value is -2.04. The van der Waals surface area contributed by atoms with E-state index >= 15 is 0 Å². The minimum absolute atomic E-state index is 0.370. The lowest BCUT2D eigenvalue weighted by Gasteiger charge is -2.34. The average molecular weight is 355 g/mol. The van der Waals surface area contributed by atoms with E-state index in [1.54, 1.807) is 0 Å². The number of hydrogen-bond acceptors (Lipinski definition) is 4. The third kappa shape index (κ3) is 3.57. The summed E-state index contributed by atoms with van der Waals surface area (Å²) in [6, 6.07) is 6.53. The van der Waals surface area contributed by atoms with E-state index in [1.165, 1.54) is 49.9 Å². The van der Waals surface area contributed by atoms with Crippen LogP contribution in [0.25, 0.3) is 0 Å². The number of rotatable bonds is 7. The van der Waals surface area contributed by atoms with Crippen molar-refractivity contribution in [3.05, 3.63) is 23.8 Å². The Morgan fingerprint density at radius 2 is 2.15 bits per heavy atom. The summed E-state index contributed by atoms with van der Waals surface area (Å²) < 4.78 is 5.45. The Bertz CT molecular complexity index is 700. The predicted octanol–water partition coefficient (Wildman–Crippen LogP) is 4.77. The van der Waals surface area contributed by atoms with Gasteiger partial charge in [0, 0.05) is 31.1 Å². The molecule has 5 nitrogen and oxygen atoms in total. The summed E-state index contributed by atoms with van der Waals surface area (Å²) in [5, 5.41) is 2.84. The fourth-order valence-corrected chi connectivity index (χ4v) is 4.48. The number of ether oxygens (including phenoxy) is 1. The van der Waals surface area contributed by atoms with Gasteiger partial charge < -0.3 is 15.0 Å². The monoisotopic (exact) mass is 355 g/mol. The smallest absolute Gasteiger partial charge is 0.410 e. The third-order valence-electron chi connectivity index (χ3n) is 5.90. The topological polar surface area (TPSA) is 53.9 Å². The molecule has 2 atom stereocenters. The SMILES string of the molecule is CCCCCCCNC(=O)Oc1ccc2c(c1)N=C1C3CCC(C3)N1C2. The zero-order chi connectivity index (χ0) is 17.9. The second-order valence-electron chi connectivity index (χ2n) is 7.78. The number of amides is 1. The molecule has 1 aliphatic carbocycles. The van der Waals surface area contributed by atoms with E-state index in [1.807, 2.05) is 12.1 Å². The molecule has 2 bridgehead atoms. The molecule has 2 aliphatic heterocycles. The molecule has 5 heteroatoms. The van der Waals surface area contributed by atoms with Gasteiger partial charge in [-0.05, 0) is 37.3 Å². The summed E-state index contributed by atoms with van der Waals surface area (Å²) in [5.74, 6) is 2.46. The highest BCUT2D eigenvalue weighted by Gasteiger charge is 2.44. The van der Waals surface area contributed by atoms with E-state index in [9.17, 15) is 4.79 Å². The van der Waals surface area contributed by atoms with Crippen molar-refractivity contribution in [2.75, 3.05) is 6.54 Å². The van der Waals surface area contributed by atoms with Gasteiger partial charge in [-0.25, -0.2) is 9.79 Å². The Labute approximate surface area is 155 Å². The van der Waals surface area contributed by atoms with Crippen LogP contribution in [0.3, 0.4) is 0 Å². The number of amidine groups is 1. The minimum Gasteiger partial charge on any atom is -0.410 e. The number of carbonyl (C=O) groups is 1. The molecule has 1 saturated carbocycles. The van der Waals surface area contributed by atoms with Gasteiger partial charge in [0.15, 0.2) is 0 Å². The second-order valence-corrected chi connectivity index (χ2v) is 7.78. The van der Waals surface area contributed by atoms with E-state index in [4.69, 9.17) is 9.73 Å². The fourth-order valence-electron chi connectivity index (χ4n) is 4.48. The van der Waals surface area contributed by atoms with Crippen LogP contribution in [0.2, 0.25) is 0 Å². The van der Waals surface area contributed by atoms with Crippen LogP contribution in [0.5, 0.6) is 5.75 Å². The second kappa shape index (κ2) is 7.68. The summed E-state index contributed by atoms with van der Waals surface area (Å²) in [6.45, 7) is 3.82. The lowest BCUT2D eigenvalue weighted by molar-refractivity contribution is 0.200. The molecule has 4 rings (SSSR count). The highest BCUT2D eigenvalue weighted by Crippen LogP contribution is 2.44. The van der Waals surface area contributed by atoms with Crippen LogP contribution in [0, 0.1) is 5.92 Å². The number of aliphatic imine (C=N–C) groups is 1. The molecular formula is C21H29N3O2. The van der Waals surface area contributed by atoms with Crippen molar-refractivity contribution in [3.63, 3.8) is 0 Å². The molecule has 140 valence electrons. The van der Waals surface area contributed by atoms with Gasteiger partial charge in [-0.1, -0.05) is 38.7 Å². The van der Waals surface area contributed by atoms with Crippen LogP contribution in [-0.2, 0) is 6.54 Å².